The lowest BCUT2D eigenvalue weighted by atomic mass is 9.59. The third kappa shape index (κ3) is 17.6. The second-order valence-corrected chi connectivity index (χ2v) is 16.7. The molecule has 11 nitrogen and oxygen atoms in total. The Morgan fingerprint density at radius 3 is 1.22 bits per heavy atom. The molecule has 4 aliphatic rings. The fourth-order valence-electron chi connectivity index (χ4n) is 11.1. The van der Waals surface area contributed by atoms with Crippen LogP contribution in [0.3, 0.4) is 0 Å². The van der Waals surface area contributed by atoms with E-state index in [2.05, 4.69) is 23.1 Å². The minimum Gasteiger partial charge on any atom is -0.412 e. The molecule has 310 valence electrons. The molecule has 4 aliphatic carbocycles. The summed E-state index contributed by atoms with van der Waals surface area (Å²) < 4.78 is 31.3. The van der Waals surface area contributed by atoms with E-state index in [0.29, 0.717) is 66.1 Å². The normalized spacial score (nSPS) is 35.2. The van der Waals surface area contributed by atoms with Crippen molar-refractivity contribution < 1.29 is 25.2 Å². The highest BCUT2D eigenvalue weighted by Gasteiger charge is 2.44. The maximum Gasteiger partial charge on any atom is 0.101 e. The predicted octanol–water partition coefficient (Wildman–Crippen LogP) is 5.03. The van der Waals surface area contributed by atoms with E-state index in [1.807, 2.05) is 0 Å². The highest BCUT2D eigenvalue weighted by molar-refractivity contribution is 4.94. The smallest absolute Gasteiger partial charge is 0.101 e. The summed E-state index contributed by atoms with van der Waals surface area (Å²) in [7, 11) is 0. The van der Waals surface area contributed by atoms with Crippen molar-refractivity contribution in [3.05, 3.63) is 0 Å². The standard InChI is InChI=1S/C38H74F2N6.2H3N.3H2O/c1-2-3-4-6-27-15-29(8-13-45-42)19-31(17-27)33-21-35(25-37(39)23-33)36-22-34(24-38(40)26-36)32-18-28(7-12-44-11-5-10-41)16-30(20-32)9-14-46-43;;;;;/h27-38,44-46H,2-26,41-43H2,1H3;2*1H3;3*1H2. The number of hydrazine groups is 2. The van der Waals surface area contributed by atoms with Crippen LogP contribution >= 0.6 is 0 Å². The van der Waals surface area contributed by atoms with E-state index in [-0.39, 0.29) is 28.7 Å². The molecule has 13 heteroatoms. The summed E-state index contributed by atoms with van der Waals surface area (Å²) >= 11 is 0. The molecule has 21 N–H and O–H groups in total. The fourth-order valence-corrected chi connectivity index (χ4v) is 11.1. The van der Waals surface area contributed by atoms with Crippen molar-refractivity contribution in [2.75, 3.05) is 32.7 Å². The molecule has 0 aliphatic heterocycles. The van der Waals surface area contributed by atoms with Crippen LogP contribution < -0.4 is 45.9 Å². The SMILES string of the molecule is CCCCCC1CC(CCNN)CC(C2CC(F)CC(C3CC(F)CC(C4CC(CCNN)CC(CCNCCCN)C4)C3)C2)C1.N.N.O.O.O. The van der Waals surface area contributed by atoms with Crippen LogP contribution in [0.4, 0.5) is 8.78 Å². The fraction of sp³-hybridized carbons (Fsp3) is 1.00. The zero-order valence-corrected chi connectivity index (χ0v) is 32.5. The number of rotatable bonds is 19. The van der Waals surface area contributed by atoms with Gasteiger partial charge in [0.25, 0.3) is 0 Å². The maximum absolute atomic E-state index is 15.7. The number of alkyl halides is 2. The molecule has 0 aromatic carbocycles. The maximum atomic E-state index is 15.7. The lowest BCUT2D eigenvalue weighted by Gasteiger charge is -2.47. The highest BCUT2D eigenvalue weighted by atomic mass is 19.1. The molecule has 0 amide bonds. The Bertz CT molecular complexity index is 827. The molecule has 12 unspecified atom stereocenters. The molecular weight excluding hydrogens is 654 g/mol. The van der Waals surface area contributed by atoms with Gasteiger partial charge in [-0.1, -0.05) is 32.6 Å². The number of unbranched alkanes of at least 4 members (excludes halogenated alkanes) is 2. The number of hydrogen-bond donors (Lipinski definition) is 8. The Morgan fingerprint density at radius 1 is 0.471 bits per heavy atom. The third-order valence-corrected chi connectivity index (χ3v) is 13.2. The lowest BCUT2D eigenvalue weighted by Crippen LogP contribution is -2.40. The van der Waals surface area contributed by atoms with E-state index in [1.165, 1.54) is 70.6 Å². The minimum absolute atomic E-state index is 0. The monoisotopic (exact) mass is 741 g/mol. The van der Waals surface area contributed by atoms with Crippen molar-refractivity contribution in [1.29, 1.82) is 0 Å². The molecule has 0 bridgehead atoms. The first-order chi connectivity index (χ1) is 22.4. The Hall–Kier alpha value is -0.580. The van der Waals surface area contributed by atoms with Crippen LogP contribution in [0.1, 0.15) is 135 Å². The molecule has 0 saturated heterocycles. The van der Waals surface area contributed by atoms with Crippen molar-refractivity contribution in [3.8, 4) is 0 Å². The third-order valence-electron chi connectivity index (χ3n) is 13.2. The molecule has 4 rings (SSSR count). The van der Waals surface area contributed by atoms with E-state index in [9.17, 15) is 0 Å². The molecule has 51 heavy (non-hydrogen) atoms. The summed E-state index contributed by atoms with van der Waals surface area (Å²) in [6.45, 7) is 6.78. The summed E-state index contributed by atoms with van der Waals surface area (Å²) in [5.41, 5.74) is 11.5. The zero-order valence-electron chi connectivity index (χ0n) is 32.5. The van der Waals surface area contributed by atoms with Gasteiger partial charge in [0.15, 0.2) is 0 Å². The first-order valence-corrected chi connectivity index (χ1v) is 20.0. The van der Waals surface area contributed by atoms with Crippen LogP contribution in [0, 0.1) is 59.2 Å². The van der Waals surface area contributed by atoms with Crippen molar-refractivity contribution in [2.24, 2.45) is 76.6 Å². The molecule has 0 spiro atoms. The Kier molecular flexibility index (Phi) is 29.7. The Morgan fingerprint density at radius 2 is 0.843 bits per heavy atom. The molecule has 0 aromatic rings. The van der Waals surface area contributed by atoms with Gasteiger partial charge in [0.2, 0.25) is 0 Å². The summed E-state index contributed by atoms with van der Waals surface area (Å²) in [5, 5.41) is 3.59. The van der Waals surface area contributed by atoms with Gasteiger partial charge in [0, 0.05) is 13.1 Å². The van der Waals surface area contributed by atoms with Crippen LogP contribution in [0.15, 0.2) is 0 Å². The van der Waals surface area contributed by atoms with E-state index >= 15 is 8.78 Å². The van der Waals surface area contributed by atoms with Crippen molar-refractivity contribution in [1.82, 2.24) is 28.5 Å². The average Bonchev–Trinajstić information content (AvgIpc) is 3.05. The number of nitrogens with two attached hydrogens (primary N) is 3. The van der Waals surface area contributed by atoms with Crippen molar-refractivity contribution in [3.63, 3.8) is 0 Å². The van der Waals surface area contributed by atoms with Gasteiger partial charge in [-0.2, -0.15) is 0 Å². The van der Waals surface area contributed by atoms with Gasteiger partial charge in [-0.25, -0.2) is 8.78 Å². The van der Waals surface area contributed by atoms with Crippen LogP contribution in [-0.2, 0) is 0 Å². The number of nitrogens with one attached hydrogen (secondary N) is 3. The topological polar surface area (TPSA) is 279 Å². The minimum atomic E-state index is -0.726. The summed E-state index contributed by atoms with van der Waals surface area (Å²) in [5.74, 6) is 17.0. The second-order valence-electron chi connectivity index (χ2n) is 16.7. The molecule has 0 aromatic heterocycles. The summed E-state index contributed by atoms with van der Waals surface area (Å²) in [4.78, 5) is 0. The van der Waals surface area contributed by atoms with Crippen LogP contribution in [-0.4, -0.2) is 61.5 Å². The van der Waals surface area contributed by atoms with Crippen LogP contribution in [0.5, 0.6) is 0 Å². The van der Waals surface area contributed by atoms with Crippen molar-refractivity contribution >= 4 is 0 Å². The van der Waals surface area contributed by atoms with Crippen LogP contribution in [0.2, 0.25) is 0 Å². The van der Waals surface area contributed by atoms with Gasteiger partial charge in [0.05, 0.1) is 0 Å². The Balaban J connectivity index is 0. The van der Waals surface area contributed by atoms with Gasteiger partial charge in [0.1, 0.15) is 12.3 Å². The molecule has 4 saturated carbocycles. The van der Waals surface area contributed by atoms with Gasteiger partial charge in [-0.3, -0.25) is 22.5 Å². The molecular formula is C38H86F2N8O3. The quantitative estimate of drug-likeness (QED) is 0.0504. The lowest BCUT2D eigenvalue weighted by molar-refractivity contribution is 0.00222. The predicted molar refractivity (Wildman–Crippen MR) is 210 cm³/mol. The van der Waals surface area contributed by atoms with Gasteiger partial charge in [-0.05, 0) is 182 Å². The Labute approximate surface area is 310 Å². The molecule has 12 atom stereocenters. The van der Waals surface area contributed by atoms with E-state index in [4.69, 9.17) is 17.4 Å². The molecule has 4 fully saturated rings. The van der Waals surface area contributed by atoms with E-state index < -0.39 is 12.3 Å². The molecule has 0 radical (unpaired) electrons. The van der Waals surface area contributed by atoms with E-state index in [0.717, 1.165) is 83.6 Å². The van der Waals surface area contributed by atoms with Crippen LogP contribution in [0.25, 0.3) is 0 Å². The largest absolute Gasteiger partial charge is 0.412 e. The van der Waals surface area contributed by atoms with Gasteiger partial charge < -0.3 is 39.8 Å². The van der Waals surface area contributed by atoms with Gasteiger partial charge in [-0.15, -0.1) is 0 Å². The summed E-state index contributed by atoms with van der Waals surface area (Å²) in [6, 6.07) is 0. The first-order valence-electron chi connectivity index (χ1n) is 20.0. The number of hydrogen-bond acceptors (Lipinski definition) is 8. The molecule has 0 heterocycles. The number of halogens is 2. The average molecular weight is 741 g/mol. The second kappa shape index (κ2) is 28.8. The first kappa shape index (κ1) is 52.5. The van der Waals surface area contributed by atoms with E-state index in [1.54, 1.807) is 0 Å². The van der Waals surface area contributed by atoms with Gasteiger partial charge >= 0.3 is 0 Å². The summed E-state index contributed by atoms with van der Waals surface area (Å²) in [6.07, 6.45) is 20.8. The van der Waals surface area contributed by atoms with Crippen molar-refractivity contribution in [2.45, 2.75) is 148 Å². The highest BCUT2D eigenvalue weighted by Crippen LogP contribution is 2.52. The zero-order chi connectivity index (χ0) is 32.7.